The summed E-state index contributed by atoms with van der Waals surface area (Å²) in [6.07, 6.45) is 1.45. The molecule has 2 atom stereocenters. The highest BCUT2D eigenvalue weighted by molar-refractivity contribution is 5.39. The summed E-state index contributed by atoms with van der Waals surface area (Å²) in [6.45, 7) is 4.91. The first-order chi connectivity index (χ1) is 7.22. The van der Waals surface area contributed by atoms with E-state index in [0.717, 1.165) is 12.3 Å². The second kappa shape index (κ2) is 4.23. The van der Waals surface area contributed by atoms with E-state index < -0.39 is 0 Å². The molecule has 2 rings (SSSR count). The smallest absolute Gasteiger partial charge is 0.123 e. The van der Waals surface area contributed by atoms with Crippen molar-refractivity contribution in [2.45, 2.75) is 32.3 Å². The van der Waals surface area contributed by atoms with Crippen molar-refractivity contribution in [2.75, 3.05) is 6.54 Å². The van der Waals surface area contributed by atoms with Gasteiger partial charge in [-0.2, -0.15) is 0 Å². The lowest BCUT2D eigenvalue weighted by Crippen LogP contribution is -2.08. The number of para-hydroxylation sites is 1. The van der Waals surface area contributed by atoms with Crippen LogP contribution >= 0.6 is 0 Å². The fourth-order valence-corrected chi connectivity index (χ4v) is 2.04. The van der Waals surface area contributed by atoms with Crippen LogP contribution in [0, 0.1) is 5.92 Å². The first kappa shape index (κ1) is 10.5. The first-order valence-corrected chi connectivity index (χ1v) is 5.68. The molecule has 0 spiro atoms. The van der Waals surface area contributed by atoms with Crippen LogP contribution in [0.15, 0.2) is 24.3 Å². The quantitative estimate of drug-likeness (QED) is 0.819. The van der Waals surface area contributed by atoms with E-state index in [-0.39, 0.29) is 6.10 Å². The van der Waals surface area contributed by atoms with Crippen LogP contribution in [0.4, 0.5) is 0 Å². The molecule has 1 saturated carbocycles. The molecular weight excluding hydrogens is 186 g/mol. The molecule has 2 N–H and O–H groups in total. The molecule has 2 unspecified atom stereocenters. The summed E-state index contributed by atoms with van der Waals surface area (Å²) in [5, 5.41) is 0. The summed E-state index contributed by atoms with van der Waals surface area (Å²) < 4.78 is 5.80. The highest BCUT2D eigenvalue weighted by atomic mass is 16.5. The number of ether oxygens (including phenoxy) is 1. The summed E-state index contributed by atoms with van der Waals surface area (Å²) in [7, 11) is 0. The lowest BCUT2D eigenvalue weighted by atomic mass is 10.1. The van der Waals surface area contributed by atoms with E-state index in [4.69, 9.17) is 10.5 Å². The predicted octanol–water partition coefficient (Wildman–Crippen LogP) is 2.54. The monoisotopic (exact) mass is 205 g/mol. The number of rotatable bonds is 4. The Morgan fingerprint density at radius 1 is 1.40 bits per heavy atom. The van der Waals surface area contributed by atoms with Crippen molar-refractivity contribution in [3.63, 3.8) is 0 Å². The lowest BCUT2D eigenvalue weighted by Gasteiger charge is -2.13. The fraction of sp³-hybridized carbons (Fsp3) is 0.538. The SMILES string of the molecule is CC(C)Oc1ccccc1C1CC1CN. The van der Waals surface area contributed by atoms with Gasteiger partial charge in [0.25, 0.3) is 0 Å². The summed E-state index contributed by atoms with van der Waals surface area (Å²) >= 11 is 0. The van der Waals surface area contributed by atoms with E-state index in [1.165, 1.54) is 12.0 Å². The molecule has 0 aromatic heterocycles. The highest BCUT2D eigenvalue weighted by Crippen LogP contribution is 2.49. The van der Waals surface area contributed by atoms with Gasteiger partial charge in [-0.1, -0.05) is 18.2 Å². The van der Waals surface area contributed by atoms with E-state index in [0.29, 0.717) is 11.8 Å². The summed E-state index contributed by atoms with van der Waals surface area (Å²) in [5.41, 5.74) is 7.01. The Balaban J connectivity index is 2.16. The van der Waals surface area contributed by atoms with Gasteiger partial charge in [-0.25, -0.2) is 0 Å². The van der Waals surface area contributed by atoms with E-state index >= 15 is 0 Å². The molecule has 2 nitrogen and oxygen atoms in total. The second-order valence-electron chi connectivity index (χ2n) is 4.54. The predicted molar refractivity (Wildman–Crippen MR) is 62.1 cm³/mol. The van der Waals surface area contributed by atoms with Gasteiger partial charge < -0.3 is 10.5 Å². The third-order valence-electron chi connectivity index (χ3n) is 2.91. The molecule has 0 saturated heterocycles. The van der Waals surface area contributed by atoms with Crippen molar-refractivity contribution >= 4 is 0 Å². The lowest BCUT2D eigenvalue weighted by molar-refractivity contribution is 0.240. The van der Waals surface area contributed by atoms with E-state index in [9.17, 15) is 0 Å². The van der Waals surface area contributed by atoms with Gasteiger partial charge in [0.05, 0.1) is 6.10 Å². The second-order valence-corrected chi connectivity index (χ2v) is 4.54. The average molecular weight is 205 g/mol. The molecule has 1 fully saturated rings. The van der Waals surface area contributed by atoms with Crippen LogP contribution in [-0.4, -0.2) is 12.6 Å². The molecule has 2 heteroatoms. The largest absolute Gasteiger partial charge is 0.491 e. The minimum atomic E-state index is 0.237. The molecule has 0 radical (unpaired) electrons. The Bertz CT molecular complexity index is 335. The Hall–Kier alpha value is -1.02. The van der Waals surface area contributed by atoms with E-state index in [1.807, 2.05) is 6.07 Å². The van der Waals surface area contributed by atoms with Gasteiger partial charge in [0, 0.05) is 0 Å². The van der Waals surface area contributed by atoms with Crippen LogP contribution in [0.2, 0.25) is 0 Å². The number of benzene rings is 1. The van der Waals surface area contributed by atoms with Crippen LogP contribution in [0.1, 0.15) is 31.7 Å². The topological polar surface area (TPSA) is 35.2 Å². The molecule has 1 aromatic carbocycles. The fourth-order valence-electron chi connectivity index (χ4n) is 2.04. The maximum Gasteiger partial charge on any atom is 0.123 e. The molecule has 0 heterocycles. The van der Waals surface area contributed by atoms with Crippen LogP contribution in [-0.2, 0) is 0 Å². The summed E-state index contributed by atoms with van der Waals surface area (Å²) in [6, 6.07) is 8.33. The highest BCUT2D eigenvalue weighted by Gasteiger charge is 2.38. The Labute approximate surface area is 91.4 Å². The summed E-state index contributed by atoms with van der Waals surface area (Å²) in [4.78, 5) is 0. The van der Waals surface area contributed by atoms with Gasteiger partial charge in [-0.05, 0) is 50.3 Å². The normalized spacial score (nSPS) is 24.3. The van der Waals surface area contributed by atoms with E-state index in [1.54, 1.807) is 0 Å². The van der Waals surface area contributed by atoms with Gasteiger partial charge in [-0.15, -0.1) is 0 Å². The third-order valence-corrected chi connectivity index (χ3v) is 2.91. The molecule has 82 valence electrons. The first-order valence-electron chi connectivity index (χ1n) is 5.68. The van der Waals surface area contributed by atoms with Crippen molar-refractivity contribution in [1.29, 1.82) is 0 Å². The van der Waals surface area contributed by atoms with Crippen LogP contribution in [0.3, 0.4) is 0 Å². The molecular formula is C13H19NO. The molecule has 1 aromatic rings. The maximum atomic E-state index is 5.80. The van der Waals surface area contributed by atoms with Gasteiger partial charge >= 0.3 is 0 Å². The van der Waals surface area contributed by atoms with Crippen molar-refractivity contribution in [2.24, 2.45) is 11.7 Å². The molecule has 0 amide bonds. The Morgan fingerprint density at radius 3 is 2.73 bits per heavy atom. The van der Waals surface area contributed by atoms with Crippen LogP contribution in [0.5, 0.6) is 5.75 Å². The zero-order chi connectivity index (χ0) is 10.8. The van der Waals surface area contributed by atoms with Crippen LogP contribution < -0.4 is 10.5 Å². The molecule has 0 bridgehead atoms. The van der Waals surface area contributed by atoms with Crippen molar-refractivity contribution in [3.05, 3.63) is 29.8 Å². The third kappa shape index (κ3) is 2.32. The molecule has 0 aliphatic heterocycles. The summed E-state index contributed by atoms with van der Waals surface area (Å²) in [5.74, 6) is 2.33. The molecule has 1 aliphatic rings. The number of hydrogen-bond acceptors (Lipinski definition) is 2. The van der Waals surface area contributed by atoms with Gasteiger partial charge in [-0.3, -0.25) is 0 Å². The van der Waals surface area contributed by atoms with Crippen molar-refractivity contribution in [3.8, 4) is 5.75 Å². The number of nitrogens with two attached hydrogens (primary N) is 1. The minimum Gasteiger partial charge on any atom is -0.491 e. The van der Waals surface area contributed by atoms with Crippen molar-refractivity contribution < 1.29 is 4.74 Å². The average Bonchev–Trinajstić information content (AvgIpc) is 2.97. The Morgan fingerprint density at radius 2 is 2.13 bits per heavy atom. The minimum absolute atomic E-state index is 0.237. The van der Waals surface area contributed by atoms with Crippen LogP contribution in [0.25, 0.3) is 0 Å². The number of hydrogen-bond donors (Lipinski definition) is 1. The Kier molecular flexibility index (Phi) is 2.96. The van der Waals surface area contributed by atoms with E-state index in [2.05, 4.69) is 32.0 Å². The van der Waals surface area contributed by atoms with Gasteiger partial charge in [0.1, 0.15) is 5.75 Å². The zero-order valence-corrected chi connectivity index (χ0v) is 9.44. The standard InChI is InChI=1S/C13H19NO/c1-9(2)15-13-6-4-3-5-11(13)12-7-10(12)8-14/h3-6,9-10,12H,7-8,14H2,1-2H3. The maximum absolute atomic E-state index is 5.80. The molecule has 15 heavy (non-hydrogen) atoms. The van der Waals surface area contributed by atoms with Gasteiger partial charge in [0.15, 0.2) is 0 Å². The molecule has 1 aliphatic carbocycles. The van der Waals surface area contributed by atoms with Crippen molar-refractivity contribution in [1.82, 2.24) is 0 Å². The zero-order valence-electron chi connectivity index (χ0n) is 9.44. The van der Waals surface area contributed by atoms with Gasteiger partial charge in [0.2, 0.25) is 0 Å².